The number of carbonyl (C=O) groups excluding carboxylic acids is 1. The molecule has 0 bridgehead atoms. The largest absolute Gasteiger partial charge is 0.340 e. The van der Waals surface area contributed by atoms with E-state index in [4.69, 9.17) is 0 Å². The van der Waals surface area contributed by atoms with Crippen molar-refractivity contribution < 1.29 is 9.18 Å². The average molecular weight is 281 g/mol. The van der Waals surface area contributed by atoms with Crippen molar-refractivity contribution in [3.05, 3.63) is 71.2 Å². The molecule has 0 spiro atoms. The van der Waals surface area contributed by atoms with E-state index in [1.54, 1.807) is 6.07 Å². The van der Waals surface area contributed by atoms with Gasteiger partial charge < -0.3 is 4.57 Å². The van der Waals surface area contributed by atoms with Crippen molar-refractivity contribution in [3.8, 4) is 0 Å². The van der Waals surface area contributed by atoms with Crippen LogP contribution < -0.4 is 0 Å². The summed E-state index contributed by atoms with van der Waals surface area (Å²) in [7, 11) is 0. The van der Waals surface area contributed by atoms with Crippen LogP contribution in [-0.4, -0.2) is 10.4 Å². The molecule has 106 valence electrons. The number of halogens is 1. The van der Waals surface area contributed by atoms with E-state index < -0.39 is 0 Å². The van der Waals surface area contributed by atoms with E-state index in [0.29, 0.717) is 5.56 Å². The van der Waals surface area contributed by atoms with E-state index in [-0.39, 0.29) is 18.1 Å². The normalized spacial score (nSPS) is 11.0. The monoisotopic (exact) mass is 281 g/mol. The Kier molecular flexibility index (Phi) is 3.34. The summed E-state index contributed by atoms with van der Waals surface area (Å²) in [5, 5.41) is 0.808. The van der Waals surface area contributed by atoms with E-state index in [1.807, 2.05) is 48.9 Å². The Labute approximate surface area is 122 Å². The van der Waals surface area contributed by atoms with Crippen LogP contribution in [0.4, 0.5) is 4.39 Å². The van der Waals surface area contributed by atoms with Gasteiger partial charge in [0.25, 0.3) is 0 Å². The highest BCUT2D eigenvalue weighted by atomic mass is 19.1. The highest BCUT2D eigenvalue weighted by Gasteiger charge is 2.10. The summed E-state index contributed by atoms with van der Waals surface area (Å²) >= 11 is 0. The SMILES string of the molecule is Cc1ccc(C(=O)Cn2ccc3cc(F)ccc32)cc1C. The van der Waals surface area contributed by atoms with Crippen molar-refractivity contribution >= 4 is 16.7 Å². The third-order valence-corrected chi connectivity index (χ3v) is 3.88. The average Bonchev–Trinajstić information content (AvgIpc) is 2.84. The molecule has 2 aromatic carbocycles. The summed E-state index contributed by atoms with van der Waals surface area (Å²) in [5.74, 6) is -0.208. The van der Waals surface area contributed by atoms with E-state index >= 15 is 0 Å². The highest BCUT2D eigenvalue weighted by molar-refractivity contribution is 5.97. The first kappa shape index (κ1) is 13.6. The Balaban J connectivity index is 1.91. The number of ketones is 1. The quantitative estimate of drug-likeness (QED) is 0.657. The van der Waals surface area contributed by atoms with Crippen molar-refractivity contribution in [2.75, 3.05) is 0 Å². The zero-order chi connectivity index (χ0) is 15.0. The number of hydrogen-bond donors (Lipinski definition) is 0. The molecule has 3 heteroatoms. The van der Waals surface area contributed by atoms with Gasteiger partial charge in [-0.3, -0.25) is 4.79 Å². The van der Waals surface area contributed by atoms with Crippen molar-refractivity contribution in [1.29, 1.82) is 0 Å². The molecule has 1 heterocycles. The predicted octanol–water partition coefficient (Wildman–Crippen LogP) is 4.28. The van der Waals surface area contributed by atoms with Gasteiger partial charge in [-0.25, -0.2) is 4.39 Å². The lowest BCUT2D eigenvalue weighted by Gasteiger charge is -2.07. The van der Waals surface area contributed by atoms with E-state index in [0.717, 1.165) is 16.5 Å². The van der Waals surface area contributed by atoms with Crippen LogP contribution in [-0.2, 0) is 6.54 Å². The molecule has 0 aliphatic rings. The molecule has 3 aromatic rings. The van der Waals surface area contributed by atoms with Gasteiger partial charge in [0.15, 0.2) is 5.78 Å². The molecule has 0 amide bonds. The summed E-state index contributed by atoms with van der Waals surface area (Å²) in [6, 6.07) is 12.2. The minimum atomic E-state index is -0.263. The molecular formula is C18H16FNO. The Hall–Kier alpha value is -2.42. The number of nitrogens with zero attached hydrogens (tertiary/aromatic N) is 1. The number of fused-ring (bicyclic) bond motifs is 1. The van der Waals surface area contributed by atoms with Crippen LogP contribution >= 0.6 is 0 Å². The van der Waals surface area contributed by atoms with Crippen LogP contribution in [0.1, 0.15) is 21.5 Å². The number of aromatic nitrogens is 1. The van der Waals surface area contributed by atoms with Crippen molar-refractivity contribution in [2.45, 2.75) is 20.4 Å². The fourth-order valence-electron chi connectivity index (χ4n) is 2.47. The zero-order valence-electron chi connectivity index (χ0n) is 12.1. The van der Waals surface area contributed by atoms with E-state index in [2.05, 4.69) is 0 Å². The van der Waals surface area contributed by atoms with Gasteiger partial charge in [-0.1, -0.05) is 12.1 Å². The maximum absolute atomic E-state index is 13.2. The standard InChI is InChI=1S/C18H16FNO/c1-12-3-4-15(9-13(12)2)18(21)11-20-8-7-14-10-16(19)5-6-17(14)20/h3-10H,11H2,1-2H3. The first-order valence-corrected chi connectivity index (χ1v) is 6.89. The molecule has 2 nitrogen and oxygen atoms in total. The van der Waals surface area contributed by atoms with Crippen LogP contribution in [0.15, 0.2) is 48.7 Å². The molecule has 1 aromatic heterocycles. The van der Waals surface area contributed by atoms with Gasteiger partial charge in [0, 0.05) is 22.7 Å². The van der Waals surface area contributed by atoms with Crippen molar-refractivity contribution in [1.82, 2.24) is 4.57 Å². The van der Waals surface area contributed by atoms with Gasteiger partial charge in [0.2, 0.25) is 0 Å². The minimum Gasteiger partial charge on any atom is -0.340 e. The Bertz CT molecular complexity index is 832. The first-order valence-electron chi connectivity index (χ1n) is 6.89. The summed E-state index contributed by atoms with van der Waals surface area (Å²) in [6.07, 6.45) is 1.82. The van der Waals surface area contributed by atoms with Gasteiger partial charge in [0.1, 0.15) is 5.82 Å². The van der Waals surface area contributed by atoms with Crippen LogP contribution in [0.2, 0.25) is 0 Å². The van der Waals surface area contributed by atoms with Gasteiger partial charge in [-0.15, -0.1) is 0 Å². The Morgan fingerprint density at radius 2 is 1.86 bits per heavy atom. The van der Waals surface area contributed by atoms with Crippen LogP contribution in [0, 0.1) is 19.7 Å². The lowest BCUT2D eigenvalue weighted by molar-refractivity contribution is 0.0973. The summed E-state index contributed by atoms with van der Waals surface area (Å²) < 4.78 is 15.0. The fraction of sp³-hybridized carbons (Fsp3) is 0.167. The van der Waals surface area contributed by atoms with Crippen LogP contribution in [0.3, 0.4) is 0 Å². The number of rotatable bonds is 3. The number of Topliss-reactive ketones (excluding diaryl/α,β-unsaturated/α-hetero) is 1. The molecular weight excluding hydrogens is 265 g/mol. The van der Waals surface area contributed by atoms with Gasteiger partial charge in [-0.05, 0) is 55.3 Å². The molecule has 0 radical (unpaired) electrons. The molecule has 21 heavy (non-hydrogen) atoms. The second kappa shape index (κ2) is 5.17. The second-order valence-corrected chi connectivity index (χ2v) is 5.37. The van der Waals surface area contributed by atoms with Crippen LogP contribution in [0.25, 0.3) is 10.9 Å². The minimum absolute atomic E-state index is 0.0555. The van der Waals surface area contributed by atoms with Crippen molar-refractivity contribution in [3.63, 3.8) is 0 Å². The third-order valence-electron chi connectivity index (χ3n) is 3.88. The number of benzene rings is 2. The van der Waals surface area contributed by atoms with Crippen molar-refractivity contribution in [2.24, 2.45) is 0 Å². The highest BCUT2D eigenvalue weighted by Crippen LogP contribution is 2.18. The Morgan fingerprint density at radius 3 is 2.62 bits per heavy atom. The van der Waals surface area contributed by atoms with E-state index in [9.17, 15) is 9.18 Å². The van der Waals surface area contributed by atoms with E-state index in [1.165, 1.54) is 17.7 Å². The molecule has 0 atom stereocenters. The first-order chi connectivity index (χ1) is 10.0. The molecule has 3 rings (SSSR count). The Morgan fingerprint density at radius 1 is 1.05 bits per heavy atom. The van der Waals surface area contributed by atoms with Gasteiger partial charge in [-0.2, -0.15) is 0 Å². The molecule has 0 aliphatic carbocycles. The van der Waals surface area contributed by atoms with Gasteiger partial charge in [0.05, 0.1) is 6.54 Å². The predicted molar refractivity (Wildman–Crippen MR) is 82.1 cm³/mol. The molecule has 0 N–H and O–H groups in total. The summed E-state index contributed by atoms with van der Waals surface area (Å²) in [5.41, 5.74) is 3.87. The lowest BCUT2D eigenvalue weighted by Crippen LogP contribution is -2.09. The molecule has 0 fully saturated rings. The van der Waals surface area contributed by atoms with Crippen LogP contribution in [0.5, 0.6) is 0 Å². The zero-order valence-corrected chi connectivity index (χ0v) is 12.1. The topological polar surface area (TPSA) is 22.0 Å². The third kappa shape index (κ3) is 2.59. The maximum atomic E-state index is 13.2. The second-order valence-electron chi connectivity index (χ2n) is 5.37. The fourth-order valence-corrected chi connectivity index (χ4v) is 2.47. The maximum Gasteiger partial charge on any atom is 0.182 e. The molecule has 0 aliphatic heterocycles. The lowest BCUT2D eigenvalue weighted by atomic mass is 10.0. The summed E-state index contributed by atoms with van der Waals surface area (Å²) in [4.78, 5) is 12.4. The molecule has 0 saturated carbocycles. The number of aryl methyl sites for hydroxylation is 2. The molecule has 0 unspecified atom stereocenters. The molecule has 0 saturated heterocycles. The smallest absolute Gasteiger partial charge is 0.182 e. The van der Waals surface area contributed by atoms with Gasteiger partial charge >= 0.3 is 0 Å². The number of hydrogen-bond acceptors (Lipinski definition) is 1. The number of carbonyl (C=O) groups is 1. The summed E-state index contributed by atoms with van der Waals surface area (Å²) in [6.45, 7) is 4.29.